The van der Waals surface area contributed by atoms with Crippen molar-refractivity contribution >= 4 is 34.8 Å². The summed E-state index contributed by atoms with van der Waals surface area (Å²) in [6.45, 7) is 2.11. The molecule has 3 rings (SSSR count). The summed E-state index contributed by atoms with van der Waals surface area (Å²) in [4.78, 5) is 15.7. The van der Waals surface area contributed by atoms with Gasteiger partial charge in [0.15, 0.2) is 0 Å². The van der Waals surface area contributed by atoms with Crippen molar-refractivity contribution in [2.45, 2.75) is 13.5 Å². The Balaban J connectivity index is 1.90. The maximum absolute atomic E-state index is 11.2. The minimum Gasteiger partial charge on any atom is -0.327 e. The van der Waals surface area contributed by atoms with Crippen molar-refractivity contribution in [2.75, 3.05) is 5.32 Å². The molecular weight excluding hydrogens is 345 g/mol. The maximum atomic E-state index is 11.2. The molecule has 0 saturated carbocycles. The van der Waals surface area contributed by atoms with Gasteiger partial charge in [-0.15, -0.1) is 0 Å². The van der Waals surface area contributed by atoms with Gasteiger partial charge in [-0.05, 0) is 29.8 Å². The fraction of sp³-hybridized carbons (Fsp3) is 0.111. The predicted molar refractivity (Wildman–Crippen MR) is 97.5 cm³/mol. The van der Waals surface area contributed by atoms with Crippen LogP contribution in [0.25, 0.3) is 11.4 Å². The first-order valence-electron chi connectivity index (χ1n) is 7.36. The highest BCUT2D eigenvalue weighted by molar-refractivity contribution is 6.42. The first-order valence-corrected chi connectivity index (χ1v) is 8.11. The third-order valence-electron chi connectivity index (χ3n) is 3.49. The van der Waals surface area contributed by atoms with E-state index in [4.69, 9.17) is 23.2 Å². The Bertz CT molecular complexity index is 889. The molecule has 0 saturated heterocycles. The van der Waals surface area contributed by atoms with Crippen LogP contribution in [0.3, 0.4) is 0 Å². The van der Waals surface area contributed by atoms with Crippen LogP contribution in [0.1, 0.15) is 12.5 Å². The van der Waals surface area contributed by atoms with E-state index >= 15 is 0 Å². The number of hydrogen-bond donors (Lipinski definition) is 1. The summed E-state index contributed by atoms with van der Waals surface area (Å²) in [6, 6.07) is 13.2. The molecular formula is C18H15Cl2N3O. The minimum absolute atomic E-state index is 0.105. The molecule has 0 aliphatic heterocycles. The van der Waals surface area contributed by atoms with Crippen molar-refractivity contribution in [3.05, 3.63) is 70.5 Å². The second-order valence-corrected chi connectivity index (χ2v) is 6.20. The van der Waals surface area contributed by atoms with E-state index in [1.54, 1.807) is 12.3 Å². The summed E-state index contributed by atoms with van der Waals surface area (Å²) in [7, 11) is 0. The van der Waals surface area contributed by atoms with Gasteiger partial charge < -0.3 is 9.88 Å². The van der Waals surface area contributed by atoms with Crippen molar-refractivity contribution in [1.82, 2.24) is 9.55 Å². The zero-order valence-corrected chi connectivity index (χ0v) is 14.5. The van der Waals surface area contributed by atoms with E-state index in [1.807, 2.05) is 47.2 Å². The number of hydrogen-bond acceptors (Lipinski definition) is 2. The highest BCUT2D eigenvalue weighted by Crippen LogP contribution is 2.25. The molecule has 0 aliphatic rings. The largest absolute Gasteiger partial charge is 0.327 e. The van der Waals surface area contributed by atoms with Crippen LogP contribution in [0.4, 0.5) is 5.69 Å². The summed E-state index contributed by atoms with van der Waals surface area (Å²) in [5.74, 6) is 0.708. The number of carbonyl (C=O) groups excluding carboxylic acids is 1. The average Bonchev–Trinajstić information content (AvgIpc) is 2.99. The van der Waals surface area contributed by atoms with Crippen LogP contribution in [-0.2, 0) is 11.3 Å². The number of amides is 1. The molecule has 3 aromatic rings. The molecule has 0 unspecified atom stereocenters. The van der Waals surface area contributed by atoms with E-state index in [1.165, 1.54) is 6.92 Å². The van der Waals surface area contributed by atoms with Gasteiger partial charge >= 0.3 is 0 Å². The highest BCUT2D eigenvalue weighted by Gasteiger charge is 2.09. The van der Waals surface area contributed by atoms with Crippen molar-refractivity contribution < 1.29 is 4.79 Å². The molecule has 1 amide bonds. The second-order valence-electron chi connectivity index (χ2n) is 5.39. The topological polar surface area (TPSA) is 46.9 Å². The van der Waals surface area contributed by atoms with Gasteiger partial charge in [0.25, 0.3) is 0 Å². The van der Waals surface area contributed by atoms with Crippen LogP contribution in [0.5, 0.6) is 0 Å². The van der Waals surface area contributed by atoms with Gasteiger partial charge in [-0.1, -0.05) is 41.4 Å². The Morgan fingerprint density at radius 2 is 2.00 bits per heavy atom. The first-order chi connectivity index (χ1) is 11.5. The highest BCUT2D eigenvalue weighted by atomic mass is 35.5. The zero-order valence-electron chi connectivity index (χ0n) is 13.0. The normalized spacial score (nSPS) is 10.6. The van der Waals surface area contributed by atoms with Crippen molar-refractivity contribution in [3.63, 3.8) is 0 Å². The summed E-state index contributed by atoms with van der Waals surface area (Å²) < 4.78 is 2.02. The summed E-state index contributed by atoms with van der Waals surface area (Å²) in [6.07, 6.45) is 3.65. The van der Waals surface area contributed by atoms with Gasteiger partial charge in [-0.3, -0.25) is 4.79 Å². The molecule has 122 valence electrons. The van der Waals surface area contributed by atoms with Crippen LogP contribution >= 0.6 is 23.2 Å². The molecule has 2 aromatic carbocycles. The minimum atomic E-state index is -0.105. The zero-order chi connectivity index (χ0) is 17.1. The number of rotatable bonds is 4. The Labute approximate surface area is 150 Å². The monoisotopic (exact) mass is 359 g/mol. The summed E-state index contributed by atoms with van der Waals surface area (Å²) >= 11 is 12.0. The molecule has 1 N–H and O–H groups in total. The van der Waals surface area contributed by atoms with Gasteiger partial charge in [0.05, 0.1) is 10.0 Å². The molecule has 0 atom stereocenters. The lowest BCUT2D eigenvalue weighted by molar-refractivity contribution is -0.114. The number of carbonyl (C=O) groups is 1. The van der Waals surface area contributed by atoms with Gasteiger partial charge in [-0.2, -0.15) is 0 Å². The smallest absolute Gasteiger partial charge is 0.221 e. The fourth-order valence-electron chi connectivity index (χ4n) is 2.47. The summed E-state index contributed by atoms with van der Waals surface area (Å²) in [5.41, 5.74) is 2.69. The number of nitrogens with one attached hydrogen (secondary N) is 1. The van der Waals surface area contributed by atoms with E-state index < -0.39 is 0 Å². The number of benzene rings is 2. The molecule has 0 spiro atoms. The number of nitrogens with zero attached hydrogens (tertiary/aromatic N) is 2. The lowest BCUT2D eigenvalue weighted by Crippen LogP contribution is -2.06. The third-order valence-corrected chi connectivity index (χ3v) is 4.23. The Morgan fingerprint density at radius 1 is 1.17 bits per heavy atom. The van der Waals surface area contributed by atoms with Gasteiger partial charge in [0, 0.05) is 37.1 Å². The standard InChI is InChI=1S/C18H15Cl2N3O/c1-12(24)22-15-4-2-3-14(10-15)18-21-7-8-23(18)11-13-5-6-16(19)17(20)9-13/h2-10H,11H2,1H3,(H,22,24). The van der Waals surface area contributed by atoms with E-state index in [0.717, 1.165) is 22.6 Å². The van der Waals surface area contributed by atoms with Crippen LogP contribution in [0.2, 0.25) is 10.0 Å². The van der Waals surface area contributed by atoms with E-state index in [2.05, 4.69) is 10.3 Å². The number of imidazole rings is 1. The molecule has 6 heteroatoms. The fourth-order valence-corrected chi connectivity index (χ4v) is 2.79. The first kappa shape index (κ1) is 16.6. The number of halogens is 2. The van der Waals surface area contributed by atoms with Crippen LogP contribution in [0, 0.1) is 0 Å². The van der Waals surface area contributed by atoms with Crippen LogP contribution < -0.4 is 5.32 Å². The van der Waals surface area contributed by atoms with Crippen molar-refractivity contribution in [2.24, 2.45) is 0 Å². The van der Waals surface area contributed by atoms with Crippen molar-refractivity contribution in [3.8, 4) is 11.4 Å². The van der Waals surface area contributed by atoms with Gasteiger partial charge in [0.1, 0.15) is 5.82 Å². The molecule has 0 bridgehead atoms. The SMILES string of the molecule is CC(=O)Nc1cccc(-c2nccn2Cc2ccc(Cl)c(Cl)c2)c1. The lowest BCUT2D eigenvalue weighted by Gasteiger charge is -2.10. The predicted octanol–water partition coefficient (Wildman–Crippen LogP) is 4.86. The Hall–Kier alpha value is -2.30. The van der Waals surface area contributed by atoms with Gasteiger partial charge in [-0.25, -0.2) is 4.98 Å². The number of aromatic nitrogens is 2. The summed E-state index contributed by atoms with van der Waals surface area (Å²) in [5, 5.41) is 3.85. The van der Waals surface area contributed by atoms with Crippen LogP contribution in [0.15, 0.2) is 54.9 Å². The molecule has 1 aromatic heterocycles. The second kappa shape index (κ2) is 7.07. The van der Waals surface area contributed by atoms with Crippen molar-refractivity contribution in [1.29, 1.82) is 0 Å². The quantitative estimate of drug-likeness (QED) is 0.722. The number of anilines is 1. The van der Waals surface area contributed by atoms with E-state index in [0.29, 0.717) is 16.6 Å². The molecule has 4 nitrogen and oxygen atoms in total. The average molecular weight is 360 g/mol. The van der Waals surface area contributed by atoms with E-state index in [9.17, 15) is 4.79 Å². The Kier molecular flexibility index (Phi) is 4.88. The lowest BCUT2D eigenvalue weighted by atomic mass is 10.1. The molecule has 1 heterocycles. The molecule has 0 radical (unpaired) electrons. The maximum Gasteiger partial charge on any atom is 0.221 e. The molecule has 0 fully saturated rings. The molecule has 24 heavy (non-hydrogen) atoms. The van der Waals surface area contributed by atoms with Gasteiger partial charge in [0.2, 0.25) is 5.91 Å². The van der Waals surface area contributed by atoms with E-state index in [-0.39, 0.29) is 5.91 Å². The third kappa shape index (κ3) is 3.78. The Morgan fingerprint density at radius 3 is 2.75 bits per heavy atom. The van der Waals surface area contributed by atoms with Crippen LogP contribution in [-0.4, -0.2) is 15.5 Å². The molecule has 0 aliphatic carbocycles.